The molecule has 4 nitrogen and oxygen atoms in total. The number of nitriles is 1. The Bertz CT molecular complexity index is 705. The molecule has 22 heavy (non-hydrogen) atoms. The lowest BCUT2D eigenvalue weighted by molar-refractivity contribution is -0.139. The minimum absolute atomic E-state index is 0.0283. The first kappa shape index (κ1) is 17.1. The maximum Gasteiger partial charge on any atom is 0.417 e. The van der Waals surface area contributed by atoms with Crippen molar-refractivity contribution in [1.82, 2.24) is 4.31 Å². The Morgan fingerprint density at radius 2 is 1.86 bits per heavy atom. The Morgan fingerprint density at radius 1 is 1.27 bits per heavy atom. The van der Waals surface area contributed by atoms with Gasteiger partial charge in [-0.2, -0.15) is 22.7 Å². The van der Waals surface area contributed by atoms with E-state index < -0.39 is 26.7 Å². The first-order valence-corrected chi connectivity index (χ1v) is 8.24. The SMILES string of the molecule is N#CC1CCN(S(=O)(=O)c2ccc(Cl)cc2C(F)(F)F)CC1. The number of halogens is 4. The number of rotatable bonds is 2. The number of sulfonamides is 1. The zero-order valence-corrected chi connectivity index (χ0v) is 12.8. The molecule has 120 valence electrons. The van der Waals surface area contributed by atoms with Crippen LogP contribution in [-0.2, 0) is 16.2 Å². The van der Waals surface area contributed by atoms with Crippen LogP contribution in [0, 0.1) is 17.2 Å². The van der Waals surface area contributed by atoms with E-state index in [0.717, 1.165) is 16.4 Å². The summed E-state index contributed by atoms with van der Waals surface area (Å²) < 4.78 is 65.1. The summed E-state index contributed by atoms with van der Waals surface area (Å²) in [6.45, 7) is 0.0565. The van der Waals surface area contributed by atoms with Gasteiger partial charge in [0.1, 0.15) is 0 Å². The Labute approximate surface area is 131 Å². The van der Waals surface area contributed by atoms with Crippen LogP contribution in [0.4, 0.5) is 13.2 Å². The second-order valence-corrected chi connectivity index (χ2v) is 7.29. The lowest BCUT2D eigenvalue weighted by Crippen LogP contribution is -2.38. The lowest BCUT2D eigenvalue weighted by atomic mass is 10.0. The van der Waals surface area contributed by atoms with Crippen molar-refractivity contribution in [1.29, 1.82) is 5.26 Å². The molecule has 0 aromatic heterocycles. The van der Waals surface area contributed by atoms with Crippen LogP contribution in [0.3, 0.4) is 0 Å². The highest BCUT2D eigenvalue weighted by molar-refractivity contribution is 7.89. The van der Waals surface area contributed by atoms with Gasteiger partial charge in [0.25, 0.3) is 0 Å². The van der Waals surface area contributed by atoms with Gasteiger partial charge >= 0.3 is 6.18 Å². The summed E-state index contributed by atoms with van der Waals surface area (Å²) in [5.41, 5.74) is -1.28. The zero-order valence-electron chi connectivity index (χ0n) is 11.3. The van der Waals surface area contributed by atoms with Gasteiger partial charge in [0.05, 0.1) is 16.5 Å². The summed E-state index contributed by atoms with van der Waals surface area (Å²) >= 11 is 5.55. The monoisotopic (exact) mass is 352 g/mol. The van der Waals surface area contributed by atoms with Crippen molar-refractivity contribution in [2.24, 2.45) is 5.92 Å². The molecule has 2 rings (SSSR count). The largest absolute Gasteiger partial charge is 0.417 e. The molecule has 1 aromatic rings. The third-order valence-corrected chi connectivity index (χ3v) is 5.69. The van der Waals surface area contributed by atoms with Gasteiger partial charge in [0, 0.05) is 24.0 Å². The number of piperidine rings is 1. The van der Waals surface area contributed by atoms with E-state index >= 15 is 0 Å². The molecule has 0 aliphatic carbocycles. The van der Waals surface area contributed by atoms with Crippen molar-refractivity contribution in [3.05, 3.63) is 28.8 Å². The van der Waals surface area contributed by atoms with Crippen molar-refractivity contribution in [3.8, 4) is 6.07 Å². The second kappa shape index (κ2) is 6.07. The minimum atomic E-state index is -4.82. The van der Waals surface area contributed by atoms with E-state index in [1.807, 2.05) is 6.07 Å². The van der Waals surface area contributed by atoms with Crippen LogP contribution < -0.4 is 0 Å². The molecule has 1 fully saturated rings. The molecule has 0 N–H and O–H groups in total. The minimum Gasteiger partial charge on any atom is -0.207 e. The quantitative estimate of drug-likeness (QED) is 0.820. The first-order chi connectivity index (χ1) is 10.2. The van der Waals surface area contributed by atoms with E-state index in [0.29, 0.717) is 18.9 Å². The average molecular weight is 353 g/mol. The summed E-state index contributed by atoms with van der Waals surface area (Å²) in [4.78, 5) is -0.806. The normalized spacial score (nSPS) is 18.1. The third-order valence-electron chi connectivity index (χ3n) is 3.50. The standard InChI is InChI=1S/C13H12ClF3N2O2S/c14-10-1-2-12(11(7-10)13(15,16)17)22(20,21)19-5-3-9(8-18)4-6-19/h1-2,7,9H,3-6H2. The molecular formula is C13H12ClF3N2O2S. The molecule has 1 aliphatic heterocycles. The second-order valence-electron chi connectivity index (χ2n) is 4.95. The summed E-state index contributed by atoms with van der Waals surface area (Å²) in [6.07, 6.45) is -4.20. The fraction of sp³-hybridized carbons (Fsp3) is 0.462. The van der Waals surface area contributed by atoms with E-state index in [2.05, 4.69) is 0 Å². The van der Waals surface area contributed by atoms with Gasteiger partial charge in [-0.1, -0.05) is 11.6 Å². The lowest BCUT2D eigenvalue weighted by Gasteiger charge is -2.29. The summed E-state index contributed by atoms with van der Waals surface area (Å²) in [7, 11) is -4.28. The number of alkyl halides is 3. The predicted octanol–water partition coefficient (Wildman–Crippen LogP) is 3.28. The molecular weight excluding hydrogens is 341 g/mol. The van der Waals surface area contributed by atoms with Crippen molar-refractivity contribution in [3.63, 3.8) is 0 Å². The van der Waals surface area contributed by atoms with Crippen LogP contribution in [0.15, 0.2) is 23.1 Å². The molecule has 0 atom stereocenters. The highest BCUT2D eigenvalue weighted by Crippen LogP contribution is 2.37. The molecule has 1 aromatic carbocycles. The summed E-state index contributed by atoms with van der Waals surface area (Å²) in [5, 5.41) is 8.61. The van der Waals surface area contributed by atoms with E-state index in [1.165, 1.54) is 0 Å². The number of benzene rings is 1. The van der Waals surface area contributed by atoms with Crippen molar-refractivity contribution in [2.75, 3.05) is 13.1 Å². The van der Waals surface area contributed by atoms with Crippen molar-refractivity contribution < 1.29 is 21.6 Å². The Hall–Kier alpha value is -1.30. The van der Waals surface area contributed by atoms with Gasteiger partial charge < -0.3 is 0 Å². The molecule has 1 saturated heterocycles. The molecule has 0 bridgehead atoms. The van der Waals surface area contributed by atoms with Crippen LogP contribution in [0.2, 0.25) is 5.02 Å². The van der Waals surface area contributed by atoms with Crippen LogP contribution in [-0.4, -0.2) is 25.8 Å². The highest BCUT2D eigenvalue weighted by Gasteiger charge is 2.40. The summed E-state index contributed by atoms with van der Waals surface area (Å²) in [5.74, 6) is -0.265. The molecule has 1 aliphatic rings. The topological polar surface area (TPSA) is 61.2 Å². The predicted molar refractivity (Wildman–Crippen MR) is 73.5 cm³/mol. The van der Waals surface area contributed by atoms with Gasteiger partial charge in [-0.05, 0) is 31.0 Å². The maximum absolute atomic E-state index is 13.1. The highest BCUT2D eigenvalue weighted by atomic mass is 35.5. The van der Waals surface area contributed by atoms with Crippen LogP contribution in [0.5, 0.6) is 0 Å². The molecule has 0 spiro atoms. The van der Waals surface area contributed by atoms with Gasteiger partial charge in [-0.15, -0.1) is 0 Å². The maximum atomic E-state index is 13.1. The molecule has 0 amide bonds. The molecule has 0 radical (unpaired) electrons. The fourth-order valence-corrected chi connectivity index (χ4v) is 4.15. The number of nitrogens with zero attached hydrogens (tertiary/aromatic N) is 2. The molecule has 1 heterocycles. The van der Waals surface area contributed by atoms with Crippen LogP contribution in [0.1, 0.15) is 18.4 Å². The van der Waals surface area contributed by atoms with E-state index in [9.17, 15) is 21.6 Å². The smallest absolute Gasteiger partial charge is 0.207 e. The Balaban J connectivity index is 2.41. The van der Waals surface area contributed by atoms with E-state index in [4.69, 9.17) is 16.9 Å². The molecule has 0 saturated carbocycles. The average Bonchev–Trinajstić information content (AvgIpc) is 2.46. The van der Waals surface area contributed by atoms with Crippen LogP contribution in [0.25, 0.3) is 0 Å². The third kappa shape index (κ3) is 3.37. The summed E-state index contributed by atoms with van der Waals surface area (Å²) in [6, 6.07) is 4.64. The van der Waals surface area contributed by atoms with Crippen molar-refractivity contribution in [2.45, 2.75) is 23.9 Å². The molecule has 9 heteroatoms. The number of hydrogen-bond acceptors (Lipinski definition) is 3. The van der Waals surface area contributed by atoms with E-state index in [-0.39, 0.29) is 24.0 Å². The van der Waals surface area contributed by atoms with E-state index in [1.54, 1.807) is 0 Å². The Morgan fingerprint density at radius 3 is 2.36 bits per heavy atom. The fourth-order valence-electron chi connectivity index (χ4n) is 2.31. The van der Waals surface area contributed by atoms with Gasteiger partial charge in [-0.3, -0.25) is 0 Å². The Kier molecular flexibility index (Phi) is 4.70. The van der Waals surface area contributed by atoms with Crippen LogP contribution >= 0.6 is 11.6 Å². The van der Waals surface area contributed by atoms with Gasteiger partial charge in [-0.25, -0.2) is 8.42 Å². The number of hydrogen-bond donors (Lipinski definition) is 0. The van der Waals surface area contributed by atoms with Gasteiger partial charge in [0.15, 0.2) is 0 Å². The van der Waals surface area contributed by atoms with Crippen molar-refractivity contribution >= 4 is 21.6 Å². The first-order valence-electron chi connectivity index (χ1n) is 6.43. The van der Waals surface area contributed by atoms with Gasteiger partial charge in [0.2, 0.25) is 10.0 Å². The zero-order chi connectivity index (χ0) is 16.5. The molecule has 0 unspecified atom stereocenters.